The minimum Gasteiger partial charge on any atom is -0.476 e. The number of nitrogens with one attached hydrogen (secondary N) is 1. The first kappa shape index (κ1) is 17.5. The Kier molecular flexibility index (Phi) is 5.56. The summed E-state index contributed by atoms with van der Waals surface area (Å²) in [6.07, 6.45) is 1.62. The van der Waals surface area contributed by atoms with E-state index in [0.29, 0.717) is 5.75 Å². The highest BCUT2D eigenvalue weighted by Gasteiger charge is 2.12. The van der Waals surface area contributed by atoms with Crippen LogP contribution in [-0.4, -0.2) is 21.5 Å². The molecule has 6 N–H and O–H groups in total. The number of carbonyl (C=O) groups is 1. The third-order valence-corrected chi connectivity index (χ3v) is 4.12. The van der Waals surface area contributed by atoms with Crippen LogP contribution in [0, 0.1) is 0 Å². The number of benzene rings is 2. The van der Waals surface area contributed by atoms with Gasteiger partial charge >= 0.3 is 5.97 Å². The lowest BCUT2D eigenvalue weighted by atomic mass is 10.1. The van der Waals surface area contributed by atoms with Crippen LogP contribution in [0.3, 0.4) is 0 Å². The summed E-state index contributed by atoms with van der Waals surface area (Å²) in [4.78, 5) is 11.6. The van der Waals surface area contributed by atoms with E-state index in [1.165, 1.54) is 0 Å². The summed E-state index contributed by atoms with van der Waals surface area (Å²) in [5, 5.41) is 8.88. The average molecular weight is 347 g/mol. The Labute approximate surface area is 141 Å². The van der Waals surface area contributed by atoms with Crippen molar-refractivity contribution < 1.29 is 18.8 Å². The minimum atomic E-state index is -1.35. The van der Waals surface area contributed by atoms with Crippen molar-refractivity contribution in [1.29, 1.82) is 0 Å². The number of nitrogens with two attached hydrogens (primary N) is 2. The first-order chi connectivity index (χ1) is 11.4. The van der Waals surface area contributed by atoms with Gasteiger partial charge in [0.2, 0.25) is 5.88 Å². The van der Waals surface area contributed by atoms with Crippen molar-refractivity contribution in [3.63, 3.8) is 0 Å². The molecule has 0 fully saturated rings. The van der Waals surface area contributed by atoms with E-state index in [1.807, 2.05) is 18.2 Å². The van der Waals surface area contributed by atoms with Gasteiger partial charge in [0.15, 0.2) is 5.70 Å². The number of ether oxygens (including phenoxy) is 1. The lowest BCUT2D eigenvalue weighted by molar-refractivity contribution is -0.132. The number of carboxylic acid groups (broad SMARTS) is 1. The monoisotopic (exact) mass is 347 g/mol. The van der Waals surface area contributed by atoms with Crippen LogP contribution in [0.5, 0.6) is 5.75 Å². The van der Waals surface area contributed by atoms with Gasteiger partial charge in [0, 0.05) is 22.0 Å². The van der Waals surface area contributed by atoms with Gasteiger partial charge in [-0.2, -0.15) is 0 Å². The Morgan fingerprint density at radius 3 is 2.38 bits per heavy atom. The predicted molar refractivity (Wildman–Crippen MR) is 91.0 cm³/mol. The maximum atomic E-state index is 11.4. The Bertz CT molecular complexity index is 803. The molecule has 2 aromatic carbocycles. The van der Waals surface area contributed by atoms with Crippen molar-refractivity contribution in [3.8, 4) is 16.9 Å². The smallest absolute Gasteiger partial charge is 0.357 e. The predicted octanol–water partition coefficient (Wildman–Crippen LogP) is 1.15. The number of rotatable bonds is 6. The summed E-state index contributed by atoms with van der Waals surface area (Å²) >= 11 is 0. The van der Waals surface area contributed by atoms with Crippen molar-refractivity contribution in [2.24, 2.45) is 11.6 Å². The zero-order valence-electron chi connectivity index (χ0n) is 12.9. The molecule has 126 valence electrons. The van der Waals surface area contributed by atoms with Crippen LogP contribution in [0.1, 0.15) is 0 Å². The highest BCUT2D eigenvalue weighted by Crippen LogP contribution is 2.25. The lowest BCUT2D eigenvalue weighted by Gasteiger charge is -2.12. The van der Waals surface area contributed by atoms with Crippen molar-refractivity contribution in [3.05, 3.63) is 60.1 Å². The standard InChI is InChI=1S/C16H17N3O4S/c1-24(22)13-7-5-10(6-8-13)11-3-2-4-12(9-11)23-15(19-18)14(17)16(20)21/h2-9,19H,17-18H2,1H3,(H,20,21)/b15-14+. The van der Waals surface area contributed by atoms with E-state index in [0.717, 1.165) is 16.0 Å². The molecule has 0 aliphatic rings. The van der Waals surface area contributed by atoms with Crippen molar-refractivity contribution in [2.75, 3.05) is 6.26 Å². The van der Waals surface area contributed by atoms with Gasteiger partial charge in [-0.15, -0.1) is 0 Å². The van der Waals surface area contributed by atoms with Crippen LogP contribution in [0.4, 0.5) is 0 Å². The Morgan fingerprint density at radius 2 is 1.83 bits per heavy atom. The average Bonchev–Trinajstić information content (AvgIpc) is 2.59. The minimum absolute atomic E-state index is 0.253. The molecule has 7 nitrogen and oxygen atoms in total. The zero-order valence-corrected chi connectivity index (χ0v) is 13.7. The zero-order chi connectivity index (χ0) is 17.7. The first-order valence-electron chi connectivity index (χ1n) is 6.84. The molecule has 0 heterocycles. The van der Waals surface area contributed by atoms with Crippen LogP contribution >= 0.6 is 0 Å². The van der Waals surface area contributed by atoms with Gasteiger partial charge in [0.25, 0.3) is 0 Å². The number of hydrazine groups is 1. The maximum Gasteiger partial charge on any atom is 0.357 e. The van der Waals surface area contributed by atoms with Gasteiger partial charge in [-0.3, -0.25) is 9.63 Å². The summed E-state index contributed by atoms with van der Waals surface area (Å²) in [6.45, 7) is 0. The van der Waals surface area contributed by atoms with E-state index >= 15 is 0 Å². The SMILES string of the molecule is CS(=O)c1ccc(-c2cccc(O/C(NN)=C(/N)C(=O)O)c2)cc1. The third-order valence-electron chi connectivity index (χ3n) is 3.18. The molecular formula is C16H17N3O4S. The molecule has 0 saturated heterocycles. The van der Waals surface area contributed by atoms with Crippen LogP contribution in [0.2, 0.25) is 0 Å². The summed E-state index contributed by atoms with van der Waals surface area (Å²) in [5.41, 5.74) is 8.73. The van der Waals surface area contributed by atoms with E-state index < -0.39 is 22.5 Å². The second-order valence-corrected chi connectivity index (χ2v) is 6.18. The number of hydrogen-bond acceptors (Lipinski definition) is 6. The first-order valence-corrected chi connectivity index (χ1v) is 8.39. The van der Waals surface area contributed by atoms with Crippen LogP contribution in [0.15, 0.2) is 65.0 Å². The molecule has 1 atom stereocenters. The molecular weight excluding hydrogens is 330 g/mol. The normalized spacial score (nSPS) is 12.9. The topological polar surface area (TPSA) is 128 Å². The molecule has 1 unspecified atom stereocenters. The molecule has 2 aromatic rings. The summed E-state index contributed by atoms with van der Waals surface area (Å²) in [6, 6.07) is 14.2. The van der Waals surface area contributed by atoms with Crippen molar-refractivity contribution in [2.45, 2.75) is 4.90 Å². The number of hydrogen-bond donors (Lipinski definition) is 4. The fourth-order valence-corrected chi connectivity index (χ4v) is 2.47. The second kappa shape index (κ2) is 7.62. The van der Waals surface area contributed by atoms with Gasteiger partial charge < -0.3 is 15.6 Å². The highest BCUT2D eigenvalue weighted by atomic mass is 32.2. The Balaban J connectivity index is 2.30. The summed E-state index contributed by atoms with van der Waals surface area (Å²) < 4.78 is 16.8. The molecule has 0 aliphatic heterocycles. The molecule has 2 rings (SSSR count). The highest BCUT2D eigenvalue weighted by molar-refractivity contribution is 7.84. The van der Waals surface area contributed by atoms with Crippen molar-refractivity contribution in [1.82, 2.24) is 5.43 Å². The molecule has 0 bridgehead atoms. The third kappa shape index (κ3) is 4.12. The fourth-order valence-electron chi connectivity index (χ4n) is 1.96. The maximum absolute atomic E-state index is 11.4. The molecule has 0 amide bonds. The quantitative estimate of drug-likeness (QED) is 0.267. The Hall–Kier alpha value is -2.84. The van der Waals surface area contributed by atoms with Crippen LogP contribution < -0.4 is 21.7 Å². The van der Waals surface area contributed by atoms with E-state index in [4.69, 9.17) is 21.4 Å². The summed E-state index contributed by atoms with van der Waals surface area (Å²) in [7, 11) is -1.04. The van der Waals surface area contributed by atoms with Gasteiger partial charge in [-0.05, 0) is 35.4 Å². The van der Waals surface area contributed by atoms with E-state index in [2.05, 4.69) is 5.43 Å². The van der Waals surface area contributed by atoms with E-state index in [1.54, 1.807) is 36.6 Å². The summed E-state index contributed by atoms with van der Waals surface area (Å²) in [5.74, 6) is 4.02. The van der Waals surface area contributed by atoms with E-state index in [9.17, 15) is 9.00 Å². The lowest BCUT2D eigenvalue weighted by Crippen LogP contribution is -2.31. The van der Waals surface area contributed by atoms with Gasteiger partial charge in [-0.25, -0.2) is 10.6 Å². The molecule has 0 radical (unpaired) electrons. The molecule has 0 aliphatic carbocycles. The molecule has 24 heavy (non-hydrogen) atoms. The van der Waals surface area contributed by atoms with Crippen molar-refractivity contribution >= 4 is 16.8 Å². The van der Waals surface area contributed by atoms with Crippen LogP contribution in [-0.2, 0) is 15.6 Å². The molecule has 0 aromatic heterocycles. The van der Waals surface area contributed by atoms with Gasteiger partial charge in [-0.1, -0.05) is 24.3 Å². The second-order valence-electron chi connectivity index (χ2n) is 4.80. The molecule has 8 heteroatoms. The van der Waals surface area contributed by atoms with Crippen LogP contribution in [0.25, 0.3) is 11.1 Å². The fraction of sp³-hybridized carbons (Fsp3) is 0.0625. The number of carboxylic acids is 1. The molecule has 0 saturated carbocycles. The van der Waals surface area contributed by atoms with Gasteiger partial charge in [0.05, 0.1) is 0 Å². The Morgan fingerprint density at radius 1 is 1.17 bits per heavy atom. The number of aliphatic carboxylic acids is 1. The largest absolute Gasteiger partial charge is 0.476 e. The van der Waals surface area contributed by atoms with E-state index in [-0.39, 0.29) is 5.88 Å². The van der Waals surface area contributed by atoms with Gasteiger partial charge in [0.1, 0.15) is 5.75 Å². The molecule has 0 spiro atoms.